The molecule has 2 aromatic carbocycles. The first-order valence-electron chi connectivity index (χ1n) is 16.5. The zero-order valence-corrected chi connectivity index (χ0v) is 28.2. The highest BCUT2D eigenvalue weighted by atomic mass is 16.5. The van der Waals surface area contributed by atoms with Gasteiger partial charge in [-0.3, -0.25) is 21.5 Å². The van der Waals surface area contributed by atoms with Gasteiger partial charge < -0.3 is 9.30 Å². The Morgan fingerprint density at radius 3 is 2.47 bits per heavy atom. The second kappa shape index (κ2) is 17.7. The summed E-state index contributed by atoms with van der Waals surface area (Å²) < 4.78 is 7.75. The predicted molar refractivity (Wildman–Crippen MR) is 190 cm³/mol. The third-order valence-electron chi connectivity index (χ3n) is 8.41. The number of carbonyl (C=O) groups excluding carboxylic acids is 1. The Labute approximate surface area is 270 Å². The lowest BCUT2D eigenvalue weighted by Gasteiger charge is -2.24. The van der Waals surface area contributed by atoms with Crippen molar-refractivity contribution >= 4 is 17.4 Å². The molecule has 0 fully saturated rings. The van der Waals surface area contributed by atoms with Crippen LogP contribution in [0.3, 0.4) is 0 Å². The van der Waals surface area contributed by atoms with Gasteiger partial charge in [-0.25, -0.2) is 0 Å². The maximum absolute atomic E-state index is 11.1. The number of carbonyl (C=O) groups is 1. The number of hydrogen-bond acceptors (Lipinski definition) is 5. The number of pyridine rings is 1. The summed E-state index contributed by atoms with van der Waals surface area (Å²) in [5.41, 5.74) is 11.1. The van der Waals surface area contributed by atoms with E-state index >= 15 is 0 Å². The lowest BCUT2D eigenvalue weighted by Crippen LogP contribution is -2.22. The van der Waals surface area contributed by atoms with E-state index in [1.54, 1.807) is 0 Å². The van der Waals surface area contributed by atoms with Gasteiger partial charge in [0.1, 0.15) is 0 Å². The topological polar surface area (TPSA) is 96.2 Å². The van der Waals surface area contributed by atoms with Gasteiger partial charge in [-0.15, -0.1) is 6.58 Å². The molecule has 0 spiro atoms. The number of fused-ring (bicyclic) bond motifs is 1. The van der Waals surface area contributed by atoms with Crippen molar-refractivity contribution in [1.29, 1.82) is 0 Å². The molecule has 6 nitrogen and oxygen atoms in total. The first-order valence-corrected chi connectivity index (χ1v) is 16.5. The van der Waals surface area contributed by atoms with E-state index in [1.807, 2.05) is 12.3 Å². The van der Waals surface area contributed by atoms with Crippen LogP contribution < -0.4 is 11.7 Å². The summed E-state index contributed by atoms with van der Waals surface area (Å²) in [6.07, 6.45) is 13.9. The van der Waals surface area contributed by atoms with Gasteiger partial charge in [0.25, 0.3) is 6.47 Å². The summed E-state index contributed by atoms with van der Waals surface area (Å²) in [5.74, 6) is 8.00. The molecule has 0 amide bonds. The Morgan fingerprint density at radius 2 is 1.76 bits per heavy atom. The molecule has 0 aliphatic rings. The van der Waals surface area contributed by atoms with Gasteiger partial charge in [-0.05, 0) is 98.9 Å². The number of ether oxygens (including phenoxy) is 1. The molecule has 0 radical (unpaired) electrons. The molecule has 242 valence electrons. The Kier molecular flexibility index (Phi) is 14.0. The second-order valence-electron chi connectivity index (χ2n) is 12.7. The fraction of sp³-hybridized carbons (Fsp3) is 0.436. The molecule has 0 aliphatic heterocycles. The van der Waals surface area contributed by atoms with Crippen molar-refractivity contribution in [3.8, 4) is 22.4 Å². The minimum Gasteiger partial charge on any atom is -0.467 e. The van der Waals surface area contributed by atoms with E-state index in [2.05, 4.69) is 106 Å². The van der Waals surface area contributed by atoms with Crippen molar-refractivity contribution in [1.82, 2.24) is 9.55 Å². The quantitative estimate of drug-likeness (QED) is 0.0409. The lowest BCUT2D eigenvalue weighted by molar-refractivity contribution is -0.131. The van der Waals surface area contributed by atoms with Crippen molar-refractivity contribution in [2.75, 3.05) is 6.61 Å². The maximum Gasteiger partial charge on any atom is 0.293 e. The van der Waals surface area contributed by atoms with Gasteiger partial charge in [-0.2, -0.15) is 0 Å². The number of benzene rings is 2. The lowest BCUT2D eigenvalue weighted by atomic mass is 9.84. The number of aromatic nitrogens is 2. The molecular formula is C39H54N4O2. The number of nitrogens with zero attached hydrogens (tertiary/aromatic N) is 2. The molecular weight excluding hydrogens is 556 g/mol. The number of rotatable bonds is 17. The monoisotopic (exact) mass is 610 g/mol. The van der Waals surface area contributed by atoms with Crippen LogP contribution in [0.15, 0.2) is 67.4 Å². The summed E-state index contributed by atoms with van der Waals surface area (Å²) >= 11 is 0. The van der Waals surface area contributed by atoms with Crippen LogP contribution in [0.2, 0.25) is 0 Å². The van der Waals surface area contributed by atoms with Crippen LogP contribution in [-0.2, 0) is 35.3 Å². The van der Waals surface area contributed by atoms with Crippen LogP contribution in [0.1, 0.15) is 88.6 Å². The maximum atomic E-state index is 11.1. The Hall–Kier alpha value is -3.74. The van der Waals surface area contributed by atoms with E-state index in [-0.39, 0.29) is 5.41 Å². The summed E-state index contributed by atoms with van der Waals surface area (Å²) in [6, 6.07) is 18.3. The van der Waals surface area contributed by atoms with E-state index in [1.165, 1.54) is 75.7 Å². The van der Waals surface area contributed by atoms with E-state index in [0.717, 1.165) is 44.3 Å². The van der Waals surface area contributed by atoms with Crippen molar-refractivity contribution < 1.29 is 9.53 Å². The van der Waals surface area contributed by atoms with Gasteiger partial charge in [0.05, 0.1) is 12.3 Å². The minimum atomic E-state index is -0.228. The number of hydrogen-bond donors (Lipinski definition) is 2. The molecule has 4 N–H and O–H groups in total. The Balaban J connectivity index is 0.00000271. The number of unbranched alkanes of at least 4 members (excludes halogenated alkanes) is 4. The van der Waals surface area contributed by atoms with E-state index in [9.17, 15) is 4.79 Å². The van der Waals surface area contributed by atoms with Crippen LogP contribution in [-0.4, -0.2) is 22.6 Å². The first-order chi connectivity index (χ1) is 21.8. The van der Waals surface area contributed by atoms with Gasteiger partial charge in [0.15, 0.2) is 0 Å². The third kappa shape index (κ3) is 9.38. The first kappa shape index (κ1) is 35.7. The highest BCUT2D eigenvalue weighted by Gasteiger charge is 2.27. The Morgan fingerprint density at radius 1 is 0.978 bits per heavy atom. The van der Waals surface area contributed by atoms with Crippen molar-refractivity contribution in [2.45, 2.75) is 99.0 Å². The fourth-order valence-corrected chi connectivity index (χ4v) is 6.44. The molecule has 2 aromatic heterocycles. The molecule has 0 atom stereocenters. The number of nitrogens with two attached hydrogens (primary N) is 2. The summed E-state index contributed by atoms with van der Waals surface area (Å²) in [5, 5.41) is 1.27. The molecule has 4 aromatic rings. The van der Waals surface area contributed by atoms with Crippen LogP contribution in [0.25, 0.3) is 33.3 Å². The summed E-state index contributed by atoms with van der Waals surface area (Å²) in [7, 11) is 0. The molecule has 2 heterocycles. The molecule has 0 saturated heterocycles. The van der Waals surface area contributed by atoms with Gasteiger partial charge in [0.2, 0.25) is 0 Å². The second-order valence-corrected chi connectivity index (χ2v) is 12.7. The van der Waals surface area contributed by atoms with Gasteiger partial charge in [0, 0.05) is 40.3 Å². The van der Waals surface area contributed by atoms with Gasteiger partial charge in [-0.1, -0.05) is 75.9 Å². The SMILES string of the molecule is C=CCCCCCCc1cc(C)cc(-c2ccc3c(c2)c(CC(C)(C)COC=O)c(-c2cccnc2CCC)n3CC)c1.NN. The number of hydrazine groups is 1. The van der Waals surface area contributed by atoms with E-state index < -0.39 is 0 Å². The predicted octanol–water partition coefficient (Wildman–Crippen LogP) is 8.89. The van der Waals surface area contributed by atoms with Crippen LogP contribution in [0.5, 0.6) is 0 Å². The molecule has 0 bridgehead atoms. The molecule has 0 saturated carbocycles. The average Bonchev–Trinajstić information content (AvgIpc) is 3.34. The molecule has 4 rings (SSSR count). The number of allylic oxidation sites excluding steroid dienone is 1. The van der Waals surface area contributed by atoms with E-state index in [4.69, 9.17) is 9.72 Å². The zero-order valence-electron chi connectivity index (χ0n) is 28.2. The smallest absolute Gasteiger partial charge is 0.293 e. The zero-order chi connectivity index (χ0) is 32.8. The summed E-state index contributed by atoms with van der Waals surface area (Å²) in [4.78, 5) is 15.9. The van der Waals surface area contributed by atoms with Crippen LogP contribution in [0.4, 0.5) is 0 Å². The van der Waals surface area contributed by atoms with Crippen molar-refractivity contribution in [3.05, 3.63) is 89.8 Å². The minimum absolute atomic E-state index is 0.228. The van der Waals surface area contributed by atoms with Gasteiger partial charge >= 0.3 is 0 Å². The normalized spacial score (nSPS) is 11.3. The van der Waals surface area contributed by atoms with Crippen LogP contribution >= 0.6 is 0 Å². The van der Waals surface area contributed by atoms with Crippen LogP contribution in [0, 0.1) is 12.3 Å². The molecule has 0 unspecified atom stereocenters. The number of aryl methyl sites for hydroxylation is 4. The fourth-order valence-electron chi connectivity index (χ4n) is 6.44. The molecule has 45 heavy (non-hydrogen) atoms. The highest BCUT2D eigenvalue weighted by Crippen LogP contribution is 2.41. The van der Waals surface area contributed by atoms with Crippen molar-refractivity contribution in [3.63, 3.8) is 0 Å². The largest absolute Gasteiger partial charge is 0.467 e. The van der Waals surface area contributed by atoms with E-state index in [0.29, 0.717) is 13.1 Å². The summed E-state index contributed by atoms with van der Waals surface area (Å²) in [6.45, 7) is 16.6. The van der Waals surface area contributed by atoms with Crippen molar-refractivity contribution in [2.24, 2.45) is 17.1 Å². The standard InChI is InChI=1S/C39H50N2O2.H4N2/c1-7-10-11-12-13-14-17-30-22-29(4)23-32(24-30)31-19-20-37-34(25-31)35(26-39(5,6)27-43-28-42)38(41(37)9-3)33-18-15-21-40-36(33)16-8-2;1-2/h7,15,18-25,28H,1,8-14,16-17,26-27H2,2-6H3;1-2H2. The molecule has 6 heteroatoms. The third-order valence-corrected chi connectivity index (χ3v) is 8.41. The Bertz CT molecular complexity index is 1540. The average molecular weight is 611 g/mol. The molecule has 0 aliphatic carbocycles. The highest BCUT2D eigenvalue weighted by molar-refractivity contribution is 5.95.